The van der Waals surface area contributed by atoms with Crippen LogP contribution in [0, 0.1) is 11.3 Å². The van der Waals surface area contributed by atoms with E-state index in [2.05, 4.69) is 10.1 Å². The number of carbonyl (C=O) groups excluding carboxylic acids is 1. The molecule has 0 amide bonds. The molecule has 0 saturated heterocycles. The number of esters is 1. The maximum atomic E-state index is 12.2. The highest BCUT2D eigenvalue weighted by atomic mass is 16.5. The Bertz CT molecular complexity index is 895. The average molecular weight is 326 g/mol. The summed E-state index contributed by atoms with van der Waals surface area (Å²) in [5, 5.41) is 23.3. The van der Waals surface area contributed by atoms with E-state index in [4.69, 9.17) is 10.00 Å². The monoisotopic (exact) mass is 326 g/mol. The van der Waals surface area contributed by atoms with Crippen molar-refractivity contribution in [3.8, 4) is 11.9 Å². The predicted molar refractivity (Wildman–Crippen MR) is 84.9 cm³/mol. The SMILES string of the molecule is CCOC(=O)c1cc(C#N)c(=O)n(/N=C(\C)c2ccncc2)c1O. The van der Waals surface area contributed by atoms with Gasteiger partial charge in [0.1, 0.15) is 17.2 Å². The molecular weight excluding hydrogens is 312 g/mol. The zero-order valence-corrected chi connectivity index (χ0v) is 13.1. The van der Waals surface area contributed by atoms with E-state index in [1.54, 1.807) is 44.4 Å². The van der Waals surface area contributed by atoms with Gasteiger partial charge in [0, 0.05) is 18.0 Å². The van der Waals surface area contributed by atoms with Gasteiger partial charge in [-0.2, -0.15) is 15.0 Å². The van der Waals surface area contributed by atoms with Crippen LogP contribution in [-0.4, -0.2) is 33.1 Å². The lowest BCUT2D eigenvalue weighted by molar-refractivity contribution is 0.0521. The van der Waals surface area contributed by atoms with Crippen molar-refractivity contribution >= 4 is 11.7 Å². The Morgan fingerprint density at radius 3 is 2.71 bits per heavy atom. The van der Waals surface area contributed by atoms with Crippen LogP contribution >= 0.6 is 0 Å². The number of nitriles is 1. The summed E-state index contributed by atoms with van der Waals surface area (Å²) in [6.45, 7) is 3.30. The van der Waals surface area contributed by atoms with Gasteiger partial charge in [-0.3, -0.25) is 9.78 Å². The number of hydrogen-bond donors (Lipinski definition) is 1. The molecule has 0 aromatic carbocycles. The largest absolute Gasteiger partial charge is 0.493 e. The number of pyridine rings is 2. The number of rotatable bonds is 4. The van der Waals surface area contributed by atoms with Gasteiger partial charge < -0.3 is 9.84 Å². The van der Waals surface area contributed by atoms with Gasteiger partial charge in [0.05, 0.1) is 12.3 Å². The first-order valence-corrected chi connectivity index (χ1v) is 7.01. The molecule has 0 saturated carbocycles. The first-order valence-electron chi connectivity index (χ1n) is 7.01. The number of nitrogens with zero attached hydrogens (tertiary/aromatic N) is 4. The van der Waals surface area contributed by atoms with Crippen LogP contribution in [0.3, 0.4) is 0 Å². The molecule has 0 aliphatic carbocycles. The lowest BCUT2D eigenvalue weighted by Gasteiger charge is -2.09. The average Bonchev–Trinajstić information content (AvgIpc) is 2.59. The third kappa shape index (κ3) is 3.30. The molecule has 0 fully saturated rings. The van der Waals surface area contributed by atoms with Gasteiger partial charge in [0.15, 0.2) is 0 Å². The normalized spacial score (nSPS) is 11.0. The van der Waals surface area contributed by atoms with E-state index in [1.807, 2.05) is 0 Å². The zero-order valence-electron chi connectivity index (χ0n) is 13.1. The van der Waals surface area contributed by atoms with Crippen LogP contribution in [0.25, 0.3) is 0 Å². The van der Waals surface area contributed by atoms with Crippen molar-refractivity contribution in [2.24, 2.45) is 5.10 Å². The third-order valence-electron chi connectivity index (χ3n) is 3.12. The van der Waals surface area contributed by atoms with E-state index in [0.29, 0.717) is 16.0 Å². The van der Waals surface area contributed by atoms with E-state index in [9.17, 15) is 14.7 Å². The molecule has 2 aromatic heterocycles. The zero-order chi connectivity index (χ0) is 17.7. The summed E-state index contributed by atoms with van der Waals surface area (Å²) < 4.78 is 5.42. The van der Waals surface area contributed by atoms with Gasteiger partial charge >= 0.3 is 5.97 Å². The summed E-state index contributed by atoms with van der Waals surface area (Å²) in [6, 6.07) is 6.01. The minimum Gasteiger partial charge on any atom is -0.493 e. The maximum absolute atomic E-state index is 12.2. The molecule has 0 unspecified atom stereocenters. The van der Waals surface area contributed by atoms with E-state index in [0.717, 1.165) is 6.07 Å². The van der Waals surface area contributed by atoms with Crippen molar-refractivity contribution in [3.63, 3.8) is 0 Å². The molecule has 0 bridgehead atoms. The fourth-order valence-corrected chi connectivity index (χ4v) is 1.93. The summed E-state index contributed by atoms with van der Waals surface area (Å²) in [4.78, 5) is 28.0. The van der Waals surface area contributed by atoms with E-state index in [-0.39, 0.29) is 17.7 Å². The Kier molecular flexibility index (Phi) is 5.06. The number of hydrogen-bond acceptors (Lipinski definition) is 7. The molecule has 2 heterocycles. The summed E-state index contributed by atoms with van der Waals surface area (Å²) >= 11 is 0. The van der Waals surface area contributed by atoms with E-state index < -0.39 is 17.4 Å². The molecule has 0 atom stereocenters. The summed E-state index contributed by atoms with van der Waals surface area (Å²) in [5.74, 6) is -1.54. The highest BCUT2D eigenvalue weighted by Gasteiger charge is 2.20. The third-order valence-corrected chi connectivity index (χ3v) is 3.12. The molecule has 0 radical (unpaired) electrons. The Morgan fingerprint density at radius 1 is 1.46 bits per heavy atom. The molecule has 0 aliphatic heterocycles. The molecule has 0 aliphatic rings. The number of ether oxygens (including phenoxy) is 1. The lowest BCUT2D eigenvalue weighted by atomic mass is 10.2. The van der Waals surface area contributed by atoms with Gasteiger partial charge in [-0.15, -0.1) is 0 Å². The van der Waals surface area contributed by atoms with Gasteiger partial charge in [-0.1, -0.05) is 0 Å². The van der Waals surface area contributed by atoms with Gasteiger partial charge in [0.25, 0.3) is 5.56 Å². The van der Waals surface area contributed by atoms with Crippen molar-refractivity contribution in [2.45, 2.75) is 13.8 Å². The predicted octanol–water partition coefficient (Wildman–Crippen LogP) is 1.27. The van der Waals surface area contributed by atoms with Gasteiger partial charge in [0.2, 0.25) is 5.88 Å². The lowest BCUT2D eigenvalue weighted by Crippen LogP contribution is -2.23. The second-order valence-electron chi connectivity index (χ2n) is 4.67. The first kappa shape index (κ1) is 16.9. The summed E-state index contributed by atoms with van der Waals surface area (Å²) in [6.07, 6.45) is 3.10. The van der Waals surface area contributed by atoms with Gasteiger partial charge in [-0.05, 0) is 32.0 Å². The Labute approximate surface area is 137 Å². The second-order valence-corrected chi connectivity index (χ2v) is 4.67. The molecule has 122 valence electrons. The molecular formula is C16H14N4O4. The van der Waals surface area contributed by atoms with Crippen LogP contribution in [0.1, 0.15) is 35.3 Å². The number of carbonyl (C=O) groups is 1. The fourth-order valence-electron chi connectivity index (χ4n) is 1.93. The van der Waals surface area contributed by atoms with Crippen molar-refractivity contribution in [1.29, 1.82) is 5.26 Å². The number of aromatic hydroxyl groups is 1. The van der Waals surface area contributed by atoms with E-state index >= 15 is 0 Å². The Morgan fingerprint density at radius 2 is 2.12 bits per heavy atom. The quantitative estimate of drug-likeness (QED) is 0.668. The van der Waals surface area contributed by atoms with Crippen LogP contribution < -0.4 is 5.56 Å². The highest BCUT2D eigenvalue weighted by Crippen LogP contribution is 2.18. The first-order chi connectivity index (χ1) is 11.5. The minimum absolute atomic E-state index is 0.0819. The summed E-state index contributed by atoms with van der Waals surface area (Å²) in [7, 11) is 0. The van der Waals surface area contributed by atoms with Gasteiger partial charge in [-0.25, -0.2) is 4.79 Å². The fraction of sp³-hybridized carbons (Fsp3) is 0.188. The molecule has 24 heavy (non-hydrogen) atoms. The molecule has 2 aromatic rings. The highest BCUT2D eigenvalue weighted by molar-refractivity contribution is 5.98. The molecule has 8 heteroatoms. The van der Waals surface area contributed by atoms with Crippen molar-refractivity contribution < 1.29 is 14.6 Å². The van der Waals surface area contributed by atoms with Crippen LogP contribution in [0.15, 0.2) is 40.5 Å². The molecule has 1 N–H and O–H groups in total. The van der Waals surface area contributed by atoms with Crippen LogP contribution in [0.5, 0.6) is 5.88 Å². The van der Waals surface area contributed by atoms with Crippen molar-refractivity contribution in [3.05, 3.63) is 57.6 Å². The Balaban J connectivity index is 2.65. The minimum atomic E-state index is -0.850. The maximum Gasteiger partial charge on any atom is 0.343 e. The van der Waals surface area contributed by atoms with Crippen molar-refractivity contribution in [1.82, 2.24) is 9.66 Å². The Hall–Kier alpha value is -3.47. The summed E-state index contributed by atoms with van der Waals surface area (Å²) in [5.41, 5.74) is -0.422. The van der Waals surface area contributed by atoms with Crippen LogP contribution in [0.2, 0.25) is 0 Å². The molecule has 0 spiro atoms. The molecule has 8 nitrogen and oxygen atoms in total. The topological polar surface area (TPSA) is 118 Å². The van der Waals surface area contributed by atoms with Crippen molar-refractivity contribution in [2.75, 3.05) is 6.61 Å². The standard InChI is InChI=1S/C16H14N4O4/c1-3-24-16(23)13-8-12(9-17)14(21)20(15(13)22)19-10(2)11-4-6-18-7-5-11/h4-8,22H,3H2,1-2H3/b19-10+. The van der Waals surface area contributed by atoms with E-state index in [1.165, 1.54) is 0 Å². The number of aromatic nitrogens is 2. The molecule has 2 rings (SSSR count). The van der Waals surface area contributed by atoms with Crippen LogP contribution in [-0.2, 0) is 4.74 Å². The van der Waals surface area contributed by atoms with Crippen LogP contribution in [0.4, 0.5) is 0 Å². The second kappa shape index (κ2) is 7.19. The smallest absolute Gasteiger partial charge is 0.343 e.